The fourth-order valence-corrected chi connectivity index (χ4v) is 2.09. The molecule has 23 heavy (non-hydrogen) atoms. The zero-order valence-electron chi connectivity index (χ0n) is 14.6. The summed E-state index contributed by atoms with van der Waals surface area (Å²) >= 11 is 0. The Morgan fingerprint density at radius 1 is 0.783 bits per heavy atom. The molecule has 2 nitrogen and oxygen atoms in total. The summed E-state index contributed by atoms with van der Waals surface area (Å²) in [4.78, 5) is 22.5. The molecule has 2 aromatic carbocycles. The Morgan fingerprint density at radius 2 is 1.30 bits per heavy atom. The van der Waals surface area contributed by atoms with Crippen molar-refractivity contribution in [2.24, 2.45) is 0 Å². The molecule has 120 valence electrons. The molecule has 2 rings (SSSR count). The van der Waals surface area contributed by atoms with E-state index < -0.39 is 0 Å². The second-order valence-corrected chi connectivity index (χ2v) is 5.74. The van der Waals surface area contributed by atoms with Gasteiger partial charge >= 0.3 is 0 Å². The highest BCUT2D eigenvalue weighted by molar-refractivity contribution is 6.01. The van der Waals surface area contributed by atoms with Gasteiger partial charge in [-0.05, 0) is 57.4 Å². The van der Waals surface area contributed by atoms with Gasteiger partial charge in [0.05, 0.1) is 0 Å². The third-order valence-corrected chi connectivity index (χ3v) is 3.69. The molecule has 0 spiro atoms. The van der Waals surface area contributed by atoms with E-state index in [2.05, 4.69) is 44.7 Å². The van der Waals surface area contributed by atoms with Crippen LogP contribution in [0.5, 0.6) is 0 Å². The summed E-state index contributed by atoms with van der Waals surface area (Å²) in [5.41, 5.74) is 5.52. The lowest BCUT2D eigenvalue weighted by Gasteiger charge is -2.07. The predicted molar refractivity (Wildman–Crippen MR) is 97.1 cm³/mol. The number of Topliss-reactive ketones (excluding diaryl/α,β-unsaturated/α-hetero) is 2. The standard InChI is InChI=1S/C13H14O2.C8H10/c1-8(2)13-7-11(9(3)14)5-6-12(13)10(4)15;1-7-5-3-4-6-8(7)2/h5-7H,1H2,2-4H3;3-6H,1-2H3. The van der Waals surface area contributed by atoms with Crippen molar-refractivity contribution in [1.29, 1.82) is 0 Å². The minimum Gasteiger partial charge on any atom is -0.295 e. The molecule has 0 atom stereocenters. The van der Waals surface area contributed by atoms with Crippen LogP contribution in [0.15, 0.2) is 49.0 Å². The molecular weight excluding hydrogens is 284 g/mol. The van der Waals surface area contributed by atoms with E-state index in [0.717, 1.165) is 11.1 Å². The molecule has 0 unspecified atom stereocenters. The van der Waals surface area contributed by atoms with Crippen molar-refractivity contribution in [2.45, 2.75) is 34.6 Å². The molecule has 2 heteroatoms. The van der Waals surface area contributed by atoms with E-state index in [4.69, 9.17) is 0 Å². The minimum atomic E-state index is -0.0110. The van der Waals surface area contributed by atoms with E-state index in [1.54, 1.807) is 18.2 Å². The van der Waals surface area contributed by atoms with Crippen molar-refractivity contribution in [2.75, 3.05) is 0 Å². The van der Waals surface area contributed by atoms with Crippen molar-refractivity contribution in [1.82, 2.24) is 0 Å². The predicted octanol–water partition coefficient (Wildman–Crippen LogP) is 5.43. The van der Waals surface area contributed by atoms with Gasteiger partial charge in [0, 0.05) is 11.1 Å². The molecule has 0 radical (unpaired) electrons. The summed E-state index contributed by atoms with van der Waals surface area (Å²) in [6.45, 7) is 12.9. The number of hydrogen-bond acceptors (Lipinski definition) is 2. The molecule has 0 heterocycles. The average molecular weight is 308 g/mol. The van der Waals surface area contributed by atoms with Gasteiger partial charge in [0.15, 0.2) is 11.6 Å². The molecule has 0 saturated heterocycles. The molecule has 2 aromatic rings. The van der Waals surface area contributed by atoms with Crippen LogP contribution in [0, 0.1) is 13.8 Å². The van der Waals surface area contributed by atoms with Crippen LogP contribution >= 0.6 is 0 Å². The van der Waals surface area contributed by atoms with Gasteiger partial charge in [0.1, 0.15) is 0 Å². The SMILES string of the molecule is C=C(C)c1cc(C(C)=O)ccc1C(C)=O.Cc1ccccc1C. The van der Waals surface area contributed by atoms with E-state index in [1.807, 2.05) is 6.92 Å². The van der Waals surface area contributed by atoms with Crippen LogP contribution < -0.4 is 0 Å². The number of carbonyl (C=O) groups excluding carboxylic acids is 2. The van der Waals surface area contributed by atoms with Crippen molar-refractivity contribution in [3.63, 3.8) is 0 Å². The smallest absolute Gasteiger partial charge is 0.160 e. The lowest BCUT2D eigenvalue weighted by molar-refractivity contribution is 0.100. The summed E-state index contributed by atoms with van der Waals surface area (Å²) < 4.78 is 0. The number of carbonyl (C=O) groups is 2. The minimum absolute atomic E-state index is 0.00685. The topological polar surface area (TPSA) is 34.1 Å². The van der Waals surface area contributed by atoms with Gasteiger partial charge < -0.3 is 0 Å². The molecule has 0 saturated carbocycles. The van der Waals surface area contributed by atoms with Gasteiger partial charge in [-0.2, -0.15) is 0 Å². The van der Waals surface area contributed by atoms with Crippen LogP contribution in [0.2, 0.25) is 0 Å². The van der Waals surface area contributed by atoms with E-state index in [9.17, 15) is 9.59 Å². The van der Waals surface area contributed by atoms with Gasteiger partial charge in [0.25, 0.3) is 0 Å². The van der Waals surface area contributed by atoms with Crippen molar-refractivity contribution < 1.29 is 9.59 Å². The Labute approximate surface area is 138 Å². The average Bonchev–Trinajstić information content (AvgIpc) is 2.50. The zero-order chi connectivity index (χ0) is 17.6. The first kappa shape index (κ1) is 18.6. The molecule has 0 bridgehead atoms. The summed E-state index contributed by atoms with van der Waals surface area (Å²) in [7, 11) is 0. The molecule has 0 aromatic heterocycles. The van der Waals surface area contributed by atoms with E-state index in [-0.39, 0.29) is 11.6 Å². The zero-order valence-corrected chi connectivity index (χ0v) is 14.6. The lowest BCUT2D eigenvalue weighted by atomic mass is 9.96. The largest absolute Gasteiger partial charge is 0.295 e. The fourth-order valence-electron chi connectivity index (χ4n) is 2.09. The summed E-state index contributed by atoms with van der Waals surface area (Å²) in [6, 6.07) is 13.4. The highest BCUT2D eigenvalue weighted by Crippen LogP contribution is 2.20. The van der Waals surface area contributed by atoms with E-state index in [1.165, 1.54) is 25.0 Å². The third kappa shape index (κ3) is 5.33. The Hall–Kier alpha value is -2.48. The number of rotatable bonds is 3. The van der Waals surface area contributed by atoms with Crippen LogP contribution in [0.4, 0.5) is 0 Å². The van der Waals surface area contributed by atoms with Gasteiger partial charge in [-0.25, -0.2) is 0 Å². The molecule has 0 aliphatic carbocycles. The summed E-state index contributed by atoms with van der Waals surface area (Å²) in [6.07, 6.45) is 0. The monoisotopic (exact) mass is 308 g/mol. The number of ketones is 2. The van der Waals surface area contributed by atoms with E-state index in [0.29, 0.717) is 11.1 Å². The Morgan fingerprint density at radius 3 is 1.65 bits per heavy atom. The van der Waals surface area contributed by atoms with Crippen LogP contribution in [0.1, 0.15) is 58.2 Å². The van der Waals surface area contributed by atoms with Crippen LogP contribution in [-0.2, 0) is 0 Å². The van der Waals surface area contributed by atoms with Gasteiger partial charge in [-0.15, -0.1) is 0 Å². The molecular formula is C21H24O2. The Bertz CT molecular complexity index is 718. The van der Waals surface area contributed by atoms with Gasteiger partial charge in [-0.3, -0.25) is 9.59 Å². The number of aryl methyl sites for hydroxylation is 2. The molecule has 0 amide bonds. The molecule has 0 aliphatic heterocycles. The quantitative estimate of drug-likeness (QED) is 0.709. The number of hydrogen-bond donors (Lipinski definition) is 0. The maximum absolute atomic E-state index is 11.3. The van der Waals surface area contributed by atoms with Gasteiger partial charge in [-0.1, -0.05) is 48.6 Å². The second-order valence-electron chi connectivity index (χ2n) is 5.74. The third-order valence-electron chi connectivity index (χ3n) is 3.69. The van der Waals surface area contributed by atoms with Crippen LogP contribution in [0.25, 0.3) is 5.57 Å². The maximum atomic E-state index is 11.3. The number of benzene rings is 2. The van der Waals surface area contributed by atoms with Crippen molar-refractivity contribution in [3.05, 3.63) is 76.9 Å². The van der Waals surface area contributed by atoms with Crippen LogP contribution in [0.3, 0.4) is 0 Å². The first-order valence-corrected chi connectivity index (χ1v) is 7.58. The first-order chi connectivity index (χ1) is 10.7. The van der Waals surface area contributed by atoms with Crippen molar-refractivity contribution in [3.8, 4) is 0 Å². The number of allylic oxidation sites excluding steroid dienone is 1. The highest BCUT2D eigenvalue weighted by atomic mass is 16.1. The Kier molecular flexibility index (Phi) is 6.65. The normalized spacial score (nSPS) is 9.61. The summed E-state index contributed by atoms with van der Waals surface area (Å²) in [5, 5.41) is 0. The Balaban J connectivity index is 0.000000277. The molecule has 0 fully saturated rings. The fraction of sp³-hybridized carbons (Fsp3) is 0.238. The maximum Gasteiger partial charge on any atom is 0.160 e. The molecule has 0 N–H and O–H groups in total. The lowest BCUT2D eigenvalue weighted by Crippen LogP contribution is -2.01. The summed E-state index contributed by atoms with van der Waals surface area (Å²) in [5.74, 6) is -0.0179. The highest BCUT2D eigenvalue weighted by Gasteiger charge is 2.10. The molecule has 0 aliphatic rings. The van der Waals surface area contributed by atoms with Crippen LogP contribution in [-0.4, -0.2) is 11.6 Å². The van der Waals surface area contributed by atoms with Gasteiger partial charge in [0.2, 0.25) is 0 Å². The first-order valence-electron chi connectivity index (χ1n) is 7.58. The van der Waals surface area contributed by atoms with E-state index >= 15 is 0 Å². The second kappa shape index (κ2) is 8.23. The van der Waals surface area contributed by atoms with Crippen molar-refractivity contribution >= 4 is 17.1 Å².